The number of hydrogen-bond donors (Lipinski definition) is 1. The van der Waals surface area contributed by atoms with Gasteiger partial charge in [-0.05, 0) is 31.2 Å². The summed E-state index contributed by atoms with van der Waals surface area (Å²) in [5.41, 5.74) is 2.52. The van der Waals surface area contributed by atoms with Gasteiger partial charge in [-0.2, -0.15) is 0 Å². The normalized spacial score (nSPS) is 10.7. The molecule has 0 saturated heterocycles. The van der Waals surface area contributed by atoms with E-state index in [4.69, 9.17) is 11.6 Å². The summed E-state index contributed by atoms with van der Waals surface area (Å²) >= 11 is 5.80. The second-order valence-electron chi connectivity index (χ2n) is 4.30. The first-order chi connectivity index (χ1) is 9.65. The fraction of sp³-hybridized carbons (Fsp3) is 0.0714. The molecule has 0 atom stereocenters. The van der Waals surface area contributed by atoms with Gasteiger partial charge in [-0.1, -0.05) is 17.7 Å². The molecular weight excluding hydrogens is 276 g/mol. The Morgan fingerprint density at radius 1 is 1.35 bits per heavy atom. The monoisotopic (exact) mass is 286 g/mol. The number of amides is 1. The van der Waals surface area contributed by atoms with Gasteiger partial charge in [0.2, 0.25) is 0 Å². The third-order valence-corrected chi connectivity index (χ3v) is 3.11. The van der Waals surface area contributed by atoms with Crippen LogP contribution in [0.15, 0.2) is 42.7 Å². The van der Waals surface area contributed by atoms with E-state index in [1.54, 1.807) is 29.7 Å². The lowest BCUT2D eigenvalue weighted by Crippen LogP contribution is -2.15. The molecule has 6 heteroatoms. The number of hydrogen-bond acceptors (Lipinski definition) is 3. The van der Waals surface area contributed by atoms with Gasteiger partial charge in [-0.25, -0.2) is 9.97 Å². The summed E-state index contributed by atoms with van der Waals surface area (Å²) < 4.78 is 1.76. The largest absolute Gasteiger partial charge is 0.320 e. The van der Waals surface area contributed by atoms with Crippen LogP contribution in [0.5, 0.6) is 0 Å². The highest BCUT2D eigenvalue weighted by molar-refractivity contribution is 6.29. The van der Waals surface area contributed by atoms with Crippen LogP contribution in [0.25, 0.3) is 5.65 Å². The molecule has 20 heavy (non-hydrogen) atoms. The number of anilines is 1. The van der Waals surface area contributed by atoms with Gasteiger partial charge in [0.05, 0.1) is 5.69 Å². The summed E-state index contributed by atoms with van der Waals surface area (Å²) in [5, 5.41) is 3.13. The molecule has 3 rings (SSSR count). The fourth-order valence-electron chi connectivity index (χ4n) is 2.06. The molecule has 0 aliphatic rings. The molecule has 3 aromatic heterocycles. The van der Waals surface area contributed by atoms with E-state index in [0.717, 1.165) is 5.65 Å². The van der Waals surface area contributed by atoms with Gasteiger partial charge in [-0.3, -0.25) is 9.20 Å². The van der Waals surface area contributed by atoms with Crippen molar-refractivity contribution in [1.29, 1.82) is 0 Å². The molecule has 0 unspecified atom stereocenters. The maximum absolute atomic E-state index is 12.4. The van der Waals surface area contributed by atoms with E-state index < -0.39 is 0 Å². The van der Waals surface area contributed by atoms with E-state index in [-0.39, 0.29) is 5.91 Å². The van der Waals surface area contributed by atoms with Crippen LogP contribution in [0.3, 0.4) is 0 Å². The molecule has 1 amide bonds. The highest BCUT2D eigenvalue weighted by Gasteiger charge is 2.16. The standard InChI is InChI=1S/C14H11ClN4O/c1-9-13(19-7-3-2-4-12(19)17-9)14(20)18-10-5-6-16-11(15)8-10/h2-8H,1H3,(H,16,18,20). The van der Waals surface area contributed by atoms with Gasteiger partial charge < -0.3 is 5.32 Å². The Kier molecular flexibility index (Phi) is 3.12. The zero-order valence-electron chi connectivity index (χ0n) is 10.7. The molecule has 5 nitrogen and oxygen atoms in total. The number of aromatic nitrogens is 3. The summed E-state index contributed by atoms with van der Waals surface area (Å²) in [4.78, 5) is 20.6. The molecule has 0 aliphatic heterocycles. The number of nitrogens with zero attached hydrogens (tertiary/aromatic N) is 3. The number of carbonyl (C=O) groups excluding carboxylic acids is 1. The van der Waals surface area contributed by atoms with Crippen LogP contribution >= 0.6 is 11.6 Å². The van der Waals surface area contributed by atoms with E-state index in [1.165, 1.54) is 0 Å². The smallest absolute Gasteiger partial charge is 0.274 e. The van der Waals surface area contributed by atoms with Gasteiger partial charge in [0.15, 0.2) is 0 Å². The first-order valence-electron chi connectivity index (χ1n) is 6.02. The number of fused-ring (bicyclic) bond motifs is 1. The van der Waals surface area contributed by atoms with Crippen molar-refractivity contribution in [2.75, 3.05) is 5.32 Å². The Morgan fingerprint density at radius 3 is 3.00 bits per heavy atom. The SMILES string of the molecule is Cc1nc2ccccn2c1C(=O)Nc1ccnc(Cl)c1. The van der Waals surface area contributed by atoms with Crippen molar-refractivity contribution in [2.24, 2.45) is 0 Å². The van der Waals surface area contributed by atoms with Crippen LogP contribution in [0.2, 0.25) is 5.15 Å². The number of aryl methyl sites for hydroxylation is 1. The Bertz CT molecular complexity index is 797. The van der Waals surface area contributed by atoms with Gasteiger partial charge in [0, 0.05) is 18.1 Å². The van der Waals surface area contributed by atoms with Gasteiger partial charge in [0.25, 0.3) is 5.91 Å². The maximum atomic E-state index is 12.4. The third kappa shape index (κ3) is 2.23. The van der Waals surface area contributed by atoms with E-state index in [2.05, 4.69) is 15.3 Å². The predicted molar refractivity (Wildman–Crippen MR) is 77.1 cm³/mol. The molecule has 100 valence electrons. The first kappa shape index (κ1) is 12.6. The predicted octanol–water partition coefficient (Wildman–Crippen LogP) is 2.94. The lowest BCUT2D eigenvalue weighted by molar-refractivity contribution is 0.102. The second kappa shape index (κ2) is 4.94. The summed E-state index contributed by atoms with van der Waals surface area (Å²) in [5.74, 6) is -0.233. The van der Waals surface area contributed by atoms with Crippen molar-refractivity contribution >= 4 is 28.8 Å². The van der Waals surface area contributed by atoms with Crippen LogP contribution in [-0.2, 0) is 0 Å². The average molecular weight is 287 g/mol. The fourth-order valence-corrected chi connectivity index (χ4v) is 2.23. The Morgan fingerprint density at radius 2 is 2.20 bits per heavy atom. The van der Waals surface area contributed by atoms with Crippen molar-refractivity contribution in [1.82, 2.24) is 14.4 Å². The number of pyridine rings is 2. The maximum Gasteiger partial charge on any atom is 0.274 e. The zero-order valence-corrected chi connectivity index (χ0v) is 11.4. The highest BCUT2D eigenvalue weighted by Crippen LogP contribution is 2.16. The molecular formula is C14H11ClN4O. The van der Waals surface area contributed by atoms with Crippen molar-refractivity contribution in [3.8, 4) is 0 Å². The van der Waals surface area contributed by atoms with Crippen LogP contribution in [0.4, 0.5) is 5.69 Å². The molecule has 3 aromatic rings. The average Bonchev–Trinajstić information content (AvgIpc) is 2.74. The minimum absolute atomic E-state index is 0.233. The molecule has 1 N–H and O–H groups in total. The first-order valence-corrected chi connectivity index (χ1v) is 6.39. The molecule has 0 spiro atoms. The van der Waals surface area contributed by atoms with Crippen molar-refractivity contribution in [2.45, 2.75) is 6.92 Å². The van der Waals surface area contributed by atoms with Crippen molar-refractivity contribution in [3.05, 3.63) is 59.3 Å². The van der Waals surface area contributed by atoms with Gasteiger partial charge in [-0.15, -0.1) is 0 Å². The Balaban J connectivity index is 1.99. The highest BCUT2D eigenvalue weighted by atomic mass is 35.5. The molecule has 0 bridgehead atoms. The summed E-state index contributed by atoms with van der Waals surface area (Å²) in [7, 11) is 0. The van der Waals surface area contributed by atoms with E-state index in [9.17, 15) is 4.79 Å². The molecule has 0 radical (unpaired) electrons. The van der Waals surface area contributed by atoms with Gasteiger partial charge in [0.1, 0.15) is 16.5 Å². The number of rotatable bonds is 2. The van der Waals surface area contributed by atoms with Crippen molar-refractivity contribution in [3.63, 3.8) is 0 Å². The van der Waals surface area contributed by atoms with Crippen LogP contribution in [0, 0.1) is 6.92 Å². The number of carbonyl (C=O) groups is 1. The van der Waals surface area contributed by atoms with Crippen LogP contribution in [-0.4, -0.2) is 20.3 Å². The van der Waals surface area contributed by atoms with Gasteiger partial charge >= 0.3 is 0 Å². The lowest BCUT2D eigenvalue weighted by atomic mass is 10.3. The molecule has 0 fully saturated rings. The molecule has 3 heterocycles. The second-order valence-corrected chi connectivity index (χ2v) is 4.68. The summed E-state index contributed by atoms with van der Waals surface area (Å²) in [6.45, 7) is 1.81. The zero-order chi connectivity index (χ0) is 14.1. The number of nitrogens with one attached hydrogen (secondary N) is 1. The topological polar surface area (TPSA) is 59.3 Å². The quantitative estimate of drug-likeness (QED) is 0.737. The van der Waals surface area contributed by atoms with E-state index in [0.29, 0.717) is 22.2 Å². The minimum atomic E-state index is -0.233. The third-order valence-electron chi connectivity index (χ3n) is 2.90. The van der Waals surface area contributed by atoms with Crippen LogP contribution < -0.4 is 5.32 Å². The van der Waals surface area contributed by atoms with Crippen LogP contribution in [0.1, 0.15) is 16.2 Å². The van der Waals surface area contributed by atoms with E-state index >= 15 is 0 Å². The number of halogens is 1. The minimum Gasteiger partial charge on any atom is -0.320 e. The van der Waals surface area contributed by atoms with E-state index in [1.807, 2.05) is 24.4 Å². The molecule has 0 saturated carbocycles. The molecule has 0 aromatic carbocycles. The summed E-state index contributed by atoms with van der Waals surface area (Å²) in [6, 6.07) is 8.87. The lowest BCUT2D eigenvalue weighted by Gasteiger charge is -2.06. The summed E-state index contributed by atoms with van der Waals surface area (Å²) in [6.07, 6.45) is 3.35. The number of imidazole rings is 1. The molecule has 0 aliphatic carbocycles. The Hall–Kier alpha value is -2.40. The Labute approximate surface area is 120 Å². The van der Waals surface area contributed by atoms with Crippen molar-refractivity contribution < 1.29 is 4.79 Å².